The van der Waals surface area contributed by atoms with Crippen LogP contribution in [0.4, 0.5) is 5.69 Å². The summed E-state index contributed by atoms with van der Waals surface area (Å²) < 4.78 is 0. The van der Waals surface area contributed by atoms with Crippen molar-refractivity contribution in [2.45, 2.75) is 13.5 Å². The Balaban J connectivity index is 1.76. The number of nitrogens with zero attached hydrogens (tertiary/aromatic N) is 2. The molecular weight excluding hydrogens is 386 g/mol. The molecule has 0 radical (unpaired) electrons. The minimum Gasteiger partial charge on any atom is -0.350 e. The zero-order chi connectivity index (χ0) is 20.4. The first-order valence-corrected chi connectivity index (χ1v) is 9.51. The molecule has 0 bridgehead atoms. The zero-order valence-electron chi connectivity index (χ0n) is 15.7. The van der Waals surface area contributed by atoms with Gasteiger partial charge >= 0.3 is 0 Å². The summed E-state index contributed by atoms with van der Waals surface area (Å²) in [6, 6.07) is 18.2. The molecule has 2 heterocycles. The number of imide groups is 1. The third kappa shape index (κ3) is 3.65. The molecule has 0 spiro atoms. The van der Waals surface area contributed by atoms with Crippen molar-refractivity contribution in [2.24, 2.45) is 0 Å². The molecule has 2 aromatic carbocycles. The standard InChI is InChI=1S/C23H18ClN3O2/c1-15-18(24)10-5-11-19(15)26-21-20(17-8-3-2-4-9-17)22(28)27(23(21)29)14-16-7-6-12-25-13-16/h2-13,26H,14H2,1H3. The van der Waals surface area contributed by atoms with E-state index in [1.54, 1.807) is 30.6 Å². The van der Waals surface area contributed by atoms with Gasteiger partial charge in [-0.25, -0.2) is 0 Å². The predicted octanol–water partition coefficient (Wildman–Crippen LogP) is 4.44. The number of anilines is 1. The quantitative estimate of drug-likeness (QED) is 0.640. The summed E-state index contributed by atoms with van der Waals surface area (Å²) in [5.74, 6) is -0.718. The molecule has 3 aromatic rings. The van der Waals surface area contributed by atoms with Crippen LogP contribution in [0.2, 0.25) is 5.02 Å². The van der Waals surface area contributed by atoms with Crippen molar-refractivity contribution in [1.29, 1.82) is 0 Å². The molecule has 144 valence electrons. The molecular formula is C23H18ClN3O2. The van der Waals surface area contributed by atoms with Gasteiger partial charge in [-0.2, -0.15) is 0 Å². The van der Waals surface area contributed by atoms with E-state index in [1.807, 2.05) is 49.4 Å². The number of carbonyl (C=O) groups is 2. The normalized spacial score (nSPS) is 13.9. The van der Waals surface area contributed by atoms with Crippen LogP contribution in [-0.2, 0) is 16.1 Å². The highest BCUT2D eigenvalue weighted by Crippen LogP contribution is 2.33. The maximum atomic E-state index is 13.2. The Labute approximate surface area is 173 Å². The van der Waals surface area contributed by atoms with Gasteiger partial charge in [-0.3, -0.25) is 19.5 Å². The van der Waals surface area contributed by atoms with E-state index in [2.05, 4.69) is 10.3 Å². The van der Waals surface area contributed by atoms with Gasteiger partial charge in [0.25, 0.3) is 11.8 Å². The molecule has 6 heteroatoms. The zero-order valence-corrected chi connectivity index (χ0v) is 16.5. The van der Waals surface area contributed by atoms with Crippen LogP contribution in [0, 0.1) is 6.92 Å². The van der Waals surface area contributed by atoms with Crippen molar-refractivity contribution in [3.05, 3.63) is 100 Å². The van der Waals surface area contributed by atoms with Crippen molar-refractivity contribution < 1.29 is 9.59 Å². The number of amides is 2. The van der Waals surface area contributed by atoms with Gasteiger partial charge in [0, 0.05) is 23.1 Å². The molecule has 0 saturated heterocycles. The lowest BCUT2D eigenvalue weighted by Crippen LogP contribution is -2.32. The molecule has 5 nitrogen and oxygen atoms in total. The lowest BCUT2D eigenvalue weighted by Gasteiger charge is -2.15. The van der Waals surface area contributed by atoms with Crippen molar-refractivity contribution in [1.82, 2.24) is 9.88 Å². The first-order chi connectivity index (χ1) is 14.1. The number of hydrogen-bond acceptors (Lipinski definition) is 4. The van der Waals surface area contributed by atoms with Crippen molar-refractivity contribution >= 4 is 34.7 Å². The molecule has 1 aliphatic heterocycles. The van der Waals surface area contributed by atoms with Crippen LogP contribution in [-0.4, -0.2) is 21.7 Å². The van der Waals surface area contributed by atoms with Crippen LogP contribution in [0.25, 0.3) is 5.57 Å². The second kappa shape index (κ2) is 7.89. The number of halogens is 1. The van der Waals surface area contributed by atoms with E-state index < -0.39 is 0 Å². The number of pyridine rings is 1. The highest BCUT2D eigenvalue weighted by molar-refractivity contribution is 6.36. The fraction of sp³-hybridized carbons (Fsp3) is 0.0870. The molecule has 0 unspecified atom stereocenters. The largest absolute Gasteiger partial charge is 0.350 e. The maximum Gasteiger partial charge on any atom is 0.278 e. The molecule has 2 amide bonds. The number of benzene rings is 2. The van der Waals surface area contributed by atoms with E-state index in [4.69, 9.17) is 11.6 Å². The summed E-state index contributed by atoms with van der Waals surface area (Å²) in [7, 11) is 0. The van der Waals surface area contributed by atoms with E-state index in [-0.39, 0.29) is 24.1 Å². The van der Waals surface area contributed by atoms with Crippen LogP contribution in [0.5, 0.6) is 0 Å². The fourth-order valence-corrected chi connectivity index (χ4v) is 3.43. The van der Waals surface area contributed by atoms with Gasteiger partial charge in [-0.05, 0) is 41.8 Å². The Morgan fingerprint density at radius 3 is 2.48 bits per heavy atom. The third-order valence-electron chi connectivity index (χ3n) is 4.82. The van der Waals surface area contributed by atoms with E-state index in [1.165, 1.54) is 4.90 Å². The van der Waals surface area contributed by atoms with E-state index in [0.717, 1.165) is 11.1 Å². The topological polar surface area (TPSA) is 62.3 Å². The SMILES string of the molecule is Cc1c(Cl)cccc1NC1=C(c2ccccc2)C(=O)N(Cc2cccnc2)C1=O. The average molecular weight is 404 g/mol. The Morgan fingerprint density at radius 1 is 0.966 bits per heavy atom. The fourth-order valence-electron chi connectivity index (χ4n) is 3.26. The van der Waals surface area contributed by atoms with Crippen LogP contribution in [0.3, 0.4) is 0 Å². The predicted molar refractivity (Wildman–Crippen MR) is 113 cm³/mol. The van der Waals surface area contributed by atoms with Gasteiger partial charge in [-0.15, -0.1) is 0 Å². The number of rotatable bonds is 5. The van der Waals surface area contributed by atoms with Crippen molar-refractivity contribution in [2.75, 3.05) is 5.32 Å². The second-order valence-corrected chi connectivity index (χ2v) is 7.12. The number of carbonyl (C=O) groups excluding carboxylic acids is 2. The third-order valence-corrected chi connectivity index (χ3v) is 5.23. The van der Waals surface area contributed by atoms with Gasteiger partial charge < -0.3 is 5.32 Å². The van der Waals surface area contributed by atoms with Crippen molar-refractivity contribution in [3.8, 4) is 0 Å². The van der Waals surface area contributed by atoms with Crippen LogP contribution < -0.4 is 5.32 Å². The van der Waals surface area contributed by atoms with E-state index in [0.29, 0.717) is 21.8 Å². The average Bonchev–Trinajstić information content (AvgIpc) is 2.97. The molecule has 0 fully saturated rings. The highest BCUT2D eigenvalue weighted by atomic mass is 35.5. The van der Waals surface area contributed by atoms with Gasteiger partial charge in [0.05, 0.1) is 12.1 Å². The summed E-state index contributed by atoms with van der Waals surface area (Å²) in [4.78, 5) is 31.8. The second-order valence-electron chi connectivity index (χ2n) is 6.71. The van der Waals surface area contributed by atoms with Crippen molar-refractivity contribution in [3.63, 3.8) is 0 Å². The number of hydrogen-bond donors (Lipinski definition) is 1. The highest BCUT2D eigenvalue weighted by Gasteiger charge is 2.39. The van der Waals surface area contributed by atoms with Crippen LogP contribution in [0.15, 0.2) is 78.8 Å². The molecule has 0 atom stereocenters. The smallest absolute Gasteiger partial charge is 0.278 e. The Bertz CT molecular complexity index is 1110. The molecule has 1 aromatic heterocycles. The summed E-state index contributed by atoms with van der Waals surface area (Å²) in [5, 5.41) is 3.75. The maximum absolute atomic E-state index is 13.2. The van der Waals surface area contributed by atoms with Gasteiger partial charge in [0.15, 0.2) is 0 Å². The van der Waals surface area contributed by atoms with Crippen LogP contribution >= 0.6 is 11.6 Å². The first kappa shape index (κ1) is 18.9. The van der Waals surface area contributed by atoms with Gasteiger partial charge in [0.1, 0.15) is 5.70 Å². The minimum atomic E-state index is -0.378. The molecule has 1 aliphatic rings. The Kier molecular flexibility index (Phi) is 5.14. The molecule has 4 rings (SSSR count). The summed E-state index contributed by atoms with van der Waals surface area (Å²) in [6.45, 7) is 2.02. The molecule has 0 saturated carbocycles. The Morgan fingerprint density at radius 2 is 1.76 bits per heavy atom. The molecule has 0 aliphatic carbocycles. The Hall–Kier alpha value is -3.44. The number of aromatic nitrogens is 1. The van der Waals surface area contributed by atoms with E-state index in [9.17, 15) is 9.59 Å². The molecule has 29 heavy (non-hydrogen) atoms. The summed E-state index contributed by atoms with van der Waals surface area (Å²) in [5.41, 5.74) is 3.54. The summed E-state index contributed by atoms with van der Waals surface area (Å²) in [6.07, 6.45) is 3.30. The lowest BCUT2D eigenvalue weighted by molar-refractivity contribution is -0.137. The van der Waals surface area contributed by atoms with E-state index >= 15 is 0 Å². The molecule has 1 N–H and O–H groups in total. The first-order valence-electron chi connectivity index (χ1n) is 9.13. The summed E-state index contributed by atoms with van der Waals surface area (Å²) >= 11 is 6.23. The number of nitrogens with one attached hydrogen (secondary N) is 1. The van der Waals surface area contributed by atoms with Gasteiger partial charge in [0.2, 0.25) is 0 Å². The van der Waals surface area contributed by atoms with Gasteiger partial charge in [-0.1, -0.05) is 54.1 Å². The monoisotopic (exact) mass is 403 g/mol. The minimum absolute atomic E-state index is 0.154. The van der Waals surface area contributed by atoms with Crippen LogP contribution in [0.1, 0.15) is 16.7 Å². The lowest BCUT2D eigenvalue weighted by atomic mass is 10.0.